The lowest BCUT2D eigenvalue weighted by Crippen LogP contribution is -2.35. The third-order valence-corrected chi connectivity index (χ3v) is 8.45. The summed E-state index contributed by atoms with van der Waals surface area (Å²) >= 11 is 1.55. The Morgan fingerprint density at radius 1 is 0.875 bits per heavy atom. The van der Waals surface area contributed by atoms with Crippen LogP contribution < -0.4 is 14.8 Å². The third-order valence-electron chi connectivity index (χ3n) is 7.26. The fraction of sp³-hybridized carbons (Fsp3) is 0.206. The molecule has 1 aliphatic heterocycles. The van der Waals surface area contributed by atoms with E-state index in [-0.39, 0.29) is 11.5 Å². The Morgan fingerprint density at radius 2 is 1.62 bits per heavy atom. The van der Waals surface area contributed by atoms with Crippen LogP contribution in [-0.2, 0) is 0 Å². The van der Waals surface area contributed by atoms with E-state index in [4.69, 9.17) is 9.47 Å². The van der Waals surface area contributed by atoms with Crippen molar-refractivity contribution in [2.24, 2.45) is 0 Å². The maximum absolute atomic E-state index is 12.9. The van der Waals surface area contributed by atoms with Gasteiger partial charge in [0, 0.05) is 27.3 Å². The van der Waals surface area contributed by atoms with Crippen LogP contribution in [0.15, 0.2) is 97.1 Å². The molecule has 6 heteroatoms. The molecule has 4 aromatic carbocycles. The molecule has 1 saturated heterocycles. The quantitative estimate of drug-likeness (QED) is 0.181. The van der Waals surface area contributed by atoms with Gasteiger partial charge in [-0.05, 0) is 73.8 Å². The molecule has 6 rings (SSSR count). The van der Waals surface area contributed by atoms with Crippen molar-refractivity contribution >= 4 is 27.2 Å². The molecular formula is C34H31NO4S. The number of ether oxygens (including phenoxy) is 2. The number of ketones is 1. The first-order valence-corrected chi connectivity index (χ1v) is 14.6. The Hall–Kier alpha value is -4.13. The summed E-state index contributed by atoms with van der Waals surface area (Å²) in [5, 5.41) is 14.6. The van der Waals surface area contributed by atoms with Crippen molar-refractivity contribution in [3.05, 3.63) is 108 Å². The predicted molar refractivity (Wildman–Crippen MR) is 161 cm³/mol. The number of phenolic OH excluding ortho intramolecular Hbond substituents is 1. The highest BCUT2D eigenvalue weighted by atomic mass is 32.1. The standard InChI is InChI=1S/C34H31NO4S/c36-27-13-18-30-31(22-27)40-34(25-11-9-24(10-12-25)32(37)23-6-2-1-3-7-23)33(30)39-29-16-14-28(15-17-29)38-21-19-26-8-4-5-20-35-26/h1-3,6-7,9-18,22,26,35-36H,4-5,8,19-21H2. The van der Waals surface area contributed by atoms with Crippen molar-refractivity contribution < 1.29 is 19.4 Å². The predicted octanol–water partition coefficient (Wildman–Crippen LogP) is 8.21. The zero-order valence-corrected chi connectivity index (χ0v) is 23.0. The number of thiophene rings is 1. The highest BCUT2D eigenvalue weighted by molar-refractivity contribution is 7.22. The molecule has 0 amide bonds. The van der Waals surface area contributed by atoms with Crippen LogP contribution in [0.2, 0.25) is 0 Å². The molecule has 0 radical (unpaired) electrons. The number of phenols is 1. The molecule has 40 heavy (non-hydrogen) atoms. The van der Waals surface area contributed by atoms with Gasteiger partial charge in [0.25, 0.3) is 0 Å². The smallest absolute Gasteiger partial charge is 0.193 e. The van der Waals surface area contributed by atoms with E-state index in [2.05, 4.69) is 5.32 Å². The zero-order valence-electron chi connectivity index (χ0n) is 22.1. The first-order valence-electron chi connectivity index (χ1n) is 13.7. The summed E-state index contributed by atoms with van der Waals surface area (Å²) in [4.78, 5) is 13.8. The lowest BCUT2D eigenvalue weighted by molar-refractivity contribution is 0.103. The number of benzene rings is 4. The summed E-state index contributed by atoms with van der Waals surface area (Å²) in [6, 6.07) is 30.5. The van der Waals surface area contributed by atoms with Gasteiger partial charge in [-0.15, -0.1) is 11.3 Å². The number of rotatable bonds is 9. The maximum Gasteiger partial charge on any atom is 0.193 e. The molecule has 0 bridgehead atoms. The number of hydrogen-bond acceptors (Lipinski definition) is 6. The summed E-state index contributed by atoms with van der Waals surface area (Å²) in [7, 11) is 0. The molecule has 1 atom stereocenters. The SMILES string of the molecule is O=C(c1ccccc1)c1ccc(-c2sc3cc(O)ccc3c2Oc2ccc(OCCC3CCCCN3)cc2)cc1. The van der Waals surface area contributed by atoms with E-state index in [0.29, 0.717) is 29.5 Å². The molecule has 1 aromatic heterocycles. The summed E-state index contributed by atoms with van der Waals surface area (Å²) in [6.07, 6.45) is 4.78. The average molecular weight is 550 g/mol. The van der Waals surface area contributed by atoms with Gasteiger partial charge in [0.05, 0.1) is 11.5 Å². The van der Waals surface area contributed by atoms with Gasteiger partial charge >= 0.3 is 0 Å². The number of carbonyl (C=O) groups excluding carboxylic acids is 1. The monoisotopic (exact) mass is 549 g/mol. The lowest BCUT2D eigenvalue weighted by atomic mass is 10.0. The van der Waals surface area contributed by atoms with E-state index in [1.807, 2.05) is 84.9 Å². The summed E-state index contributed by atoms with van der Waals surface area (Å²) in [6.45, 7) is 1.79. The summed E-state index contributed by atoms with van der Waals surface area (Å²) in [5.41, 5.74) is 2.23. The minimum atomic E-state index is -0.0119. The van der Waals surface area contributed by atoms with Crippen molar-refractivity contribution in [2.75, 3.05) is 13.2 Å². The molecule has 5 aromatic rings. The Morgan fingerprint density at radius 3 is 2.38 bits per heavy atom. The van der Waals surface area contributed by atoms with Crippen molar-refractivity contribution in [3.8, 4) is 33.4 Å². The molecule has 0 saturated carbocycles. The molecule has 2 heterocycles. The number of carbonyl (C=O) groups is 1. The summed E-state index contributed by atoms with van der Waals surface area (Å²) in [5.74, 6) is 2.44. The fourth-order valence-corrected chi connectivity index (χ4v) is 6.26. The van der Waals surface area contributed by atoms with Gasteiger partial charge in [-0.2, -0.15) is 0 Å². The second kappa shape index (κ2) is 11.9. The highest BCUT2D eigenvalue weighted by Crippen LogP contribution is 2.47. The third kappa shape index (κ3) is 5.88. The van der Waals surface area contributed by atoms with Crippen LogP contribution >= 0.6 is 11.3 Å². The molecule has 202 valence electrons. The number of aromatic hydroxyl groups is 1. The number of fused-ring (bicyclic) bond motifs is 1. The van der Waals surface area contributed by atoms with Crippen molar-refractivity contribution in [1.29, 1.82) is 0 Å². The Balaban J connectivity index is 1.21. The van der Waals surface area contributed by atoms with Crippen LogP contribution in [0.3, 0.4) is 0 Å². The van der Waals surface area contributed by atoms with Crippen LogP contribution in [0.25, 0.3) is 20.5 Å². The average Bonchev–Trinajstić information content (AvgIpc) is 3.35. The molecule has 2 N–H and O–H groups in total. The van der Waals surface area contributed by atoms with Crippen LogP contribution in [0, 0.1) is 0 Å². The van der Waals surface area contributed by atoms with Crippen molar-refractivity contribution in [1.82, 2.24) is 5.32 Å². The number of piperidine rings is 1. The topological polar surface area (TPSA) is 67.8 Å². The van der Waals surface area contributed by atoms with Crippen LogP contribution in [0.1, 0.15) is 41.6 Å². The maximum atomic E-state index is 12.9. The minimum Gasteiger partial charge on any atom is -0.508 e. The Bertz CT molecular complexity index is 1590. The van der Waals surface area contributed by atoms with E-state index >= 15 is 0 Å². The molecule has 5 nitrogen and oxygen atoms in total. The van der Waals surface area contributed by atoms with Gasteiger partial charge in [0.1, 0.15) is 17.2 Å². The highest BCUT2D eigenvalue weighted by Gasteiger charge is 2.18. The summed E-state index contributed by atoms with van der Waals surface area (Å²) < 4.78 is 13.4. The number of nitrogens with one attached hydrogen (secondary N) is 1. The van der Waals surface area contributed by atoms with Gasteiger partial charge in [-0.3, -0.25) is 4.79 Å². The van der Waals surface area contributed by atoms with Crippen LogP contribution in [-0.4, -0.2) is 30.1 Å². The molecule has 1 aliphatic rings. The minimum absolute atomic E-state index is 0.0119. The van der Waals surface area contributed by atoms with E-state index in [1.165, 1.54) is 19.3 Å². The second-order valence-corrected chi connectivity index (χ2v) is 11.1. The van der Waals surface area contributed by atoms with Gasteiger partial charge < -0.3 is 19.9 Å². The van der Waals surface area contributed by atoms with E-state index < -0.39 is 0 Å². The first kappa shape index (κ1) is 26.1. The molecule has 0 spiro atoms. The molecular weight excluding hydrogens is 518 g/mol. The van der Waals surface area contributed by atoms with E-state index in [9.17, 15) is 9.90 Å². The van der Waals surface area contributed by atoms with Gasteiger partial charge in [-0.25, -0.2) is 0 Å². The van der Waals surface area contributed by atoms with Crippen molar-refractivity contribution in [2.45, 2.75) is 31.7 Å². The van der Waals surface area contributed by atoms with Gasteiger partial charge in [0.2, 0.25) is 0 Å². The van der Waals surface area contributed by atoms with E-state index in [1.54, 1.807) is 23.5 Å². The van der Waals surface area contributed by atoms with Gasteiger partial charge in [0.15, 0.2) is 11.5 Å². The normalized spacial score (nSPS) is 15.2. The van der Waals surface area contributed by atoms with Crippen molar-refractivity contribution in [3.63, 3.8) is 0 Å². The molecule has 0 aliphatic carbocycles. The van der Waals surface area contributed by atoms with Crippen LogP contribution in [0.5, 0.6) is 23.0 Å². The zero-order chi connectivity index (χ0) is 27.3. The van der Waals surface area contributed by atoms with E-state index in [0.717, 1.165) is 45.0 Å². The number of hydrogen-bond donors (Lipinski definition) is 2. The Labute approximate surface area is 238 Å². The van der Waals surface area contributed by atoms with Gasteiger partial charge in [-0.1, -0.05) is 61.0 Å². The lowest BCUT2D eigenvalue weighted by Gasteiger charge is -2.23. The largest absolute Gasteiger partial charge is 0.508 e. The molecule has 1 unspecified atom stereocenters. The first-order chi connectivity index (χ1) is 19.6. The second-order valence-electron chi connectivity index (χ2n) is 10.1. The fourth-order valence-electron chi connectivity index (χ4n) is 5.09. The Kier molecular flexibility index (Phi) is 7.80. The molecule has 1 fully saturated rings. The van der Waals surface area contributed by atoms with Crippen LogP contribution in [0.4, 0.5) is 0 Å².